The minimum absolute atomic E-state index is 0.0784. The highest BCUT2D eigenvalue weighted by molar-refractivity contribution is 6.32. The number of hydrogen-bond donors (Lipinski definition) is 1. The lowest BCUT2D eigenvalue weighted by Gasteiger charge is -2.14. The SMILES string of the molecule is CCOc1cc(/C=N/NC(=O)c2ccc(COc3ccc(-n4c(C)ccc4C)cc3)o2)cc(Cl)c1OCC(=O)OC(C)C. The Kier molecular flexibility index (Phi) is 10.5. The maximum atomic E-state index is 12.6. The molecule has 0 spiro atoms. The number of nitrogens with one attached hydrogen (secondary N) is 1. The van der Waals surface area contributed by atoms with Gasteiger partial charge >= 0.3 is 11.9 Å². The summed E-state index contributed by atoms with van der Waals surface area (Å²) in [6.07, 6.45) is 1.14. The highest BCUT2D eigenvalue weighted by Gasteiger charge is 2.16. The van der Waals surface area contributed by atoms with Crippen LogP contribution in [0.2, 0.25) is 5.02 Å². The maximum Gasteiger partial charge on any atom is 0.344 e. The van der Waals surface area contributed by atoms with Crippen LogP contribution in [0.5, 0.6) is 17.2 Å². The van der Waals surface area contributed by atoms with Gasteiger partial charge in [0.2, 0.25) is 0 Å². The number of aromatic nitrogens is 1. The first-order valence-corrected chi connectivity index (χ1v) is 14.1. The van der Waals surface area contributed by atoms with Crippen LogP contribution in [-0.2, 0) is 16.1 Å². The van der Waals surface area contributed by atoms with Crippen molar-refractivity contribution in [2.75, 3.05) is 13.2 Å². The molecule has 0 aliphatic carbocycles. The number of amides is 1. The predicted molar refractivity (Wildman–Crippen MR) is 163 cm³/mol. The average Bonchev–Trinajstić information content (AvgIpc) is 3.57. The van der Waals surface area contributed by atoms with E-state index < -0.39 is 11.9 Å². The van der Waals surface area contributed by atoms with Crippen LogP contribution < -0.4 is 19.6 Å². The lowest BCUT2D eigenvalue weighted by atomic mass is 10.2. The second-order valence-corrected chi connectivity index (χ2v) is 10.2. The first kappa shape index (κ1) is 31.2. The van der Waals surface area contributed by atoms with E-state index in [9.17, 15) is 9.59 Å². The number of ether oxygens (including phenoxy) is 4. The predicted octanol–water partition coefficient (Wildman–Crippen LogP) is 6.41. The normalized spacial score (nSPS) is 11.1. The van der Waals surface area contributed by atoms with Crippen LogP contribution in [0.15, 0.2) is 70.2 Å². The van der Waals surface area contributed by atoms with Gasteiger partial charge in [-0.15, -0.1) is 0 Å². The molecule has 4 aromatic rings. The van der Waals surface area contributed by atoms with Crippen molar-refractivity contribution in [3.05, 3.63) is 94.2 Å². The van der Waals surface area contributed by atoms with Crippen LogP contribution in [0, 0.1) is 13.8 Å². The second kappa shape index (κ2) is 14.5. The third-order valence-electron chi connectivity index (χ3n) is 6.05. The zero-order chi connectivity index (χ0) is 30.9. The van der Waals surface area contributed by atoms with E-state index in [1.807, 2.05) is 24.3 Å². The van der Waals surface area contributed by atoms with Crippen molar-refractivity contribution in [1.29, 1.82) is 0 Å². The van der Waals surface area contributed by atoms with E-state index in [0.29, 0.717) is 29.4 Å². The number of hydrogen-bond acceptors (Lipinski definition) is 8. The van der Waals surface area contributed by atoms with E-state index in [0.717, 1.165) is 17.1 Å². The number of esters is 1. The Labute approximate surface area is 255 Å². The quantitative estimate of drug-likeness (QED) is 0.106. The van der Waals surface area contributed by atoms with Gasteiger partial charge in [-0.25, -0.2) is 10.2 Å². The molecule has 0 aliphatic heterocycles. The van der Waals surface area contributed by atoms with Gasteiger partial charge in [0.1, 0.15) is 18.1 Å². The number of rotatable bonds is 13. The van der Waals surface area contributed by atoms with Crippen LogP contribution in [0.1, 0.15) is 54.0 Å². The molecular weight excluding hydrogens is 574 g/mol. The molecule has 0 bridgehead atoms. The van der Waals surface area contributed by atoms with E-state index in [2.05, 4.69) is 41.1 Å². The van der Waals surface area contributed by atoms with E-state index in [1.54, 1.807) is 45.0 Å². The van der Waals surface area contributed by atoms with Gasteiger partial charge in [-0.1, -0.05) is 11.6 Å². The number of furan rings is 1. The number of aryl methyl sites for hydroxylation is 2. The Bertz CT molecular complexity index is 1570. The number of carbonyl (C=O) groups excluding carboxylic acids is 2. The Morgan fingerprint density at radius 2 is 1.72 bits per heavy atom. The summed E-state index contributed by atoms with van der Waals surface area (Å²) in [7, 11) is 0. The molecule has 1 amide bonds. The van der Waals surface area contributed by atoms with Crippen molar-refractivity contribution < 1.29 is 33.0 Å². The first-order valence-electron chi connectivity index (χ1n) is 13.7. The lowest BCUT2D eigenvalue weighted by molar-refractivity contribution is -0.149. The molecule has 0 saturated heterocycles. The van der Waals surface area contributed by atoms with Gasteiger partial charge in [0, 0.05) is 17.1 Å². The molecular formula is C32H34ClN3O7. The summed E-state index contributed by atoms with van der Waals surface area (Å²) in [5.41, 5.74) is 6.32. The third kappa shape index (κ3) is 8.42. The summed E-state index contributed by atoms with van der Waals surface area (Å²) in [4.78, 5) is 24.4. The summed E-state index contributed by atoms with van der Waals surface area (Å²) in [5.74, 6) is 0.699. The zero-order valence-electron chi connectivity index (χ0n) is 24.7. The van der Waals surface area contributed by atoms with Crippen molar-refractivity contribution in [2.24, 2.45) is 5.10 Å². The monoisotopic (exact) mass is 607 g/mol. The van der Waals surface area contributed by atoms with E-state index in [1.165, 1.54) is 6.21 Å². The van der Waals surface area contributed by atoms with Crippen molar-refractivity contribution in [2.45, 2.75) is 47.3 Å². The number of benzene rings is 2. The fourth-order valence-electron chi connectivity index (χ4n) is 4.21. The molecule has 1 N–H and O–H groups in total. The van der Waals surface area contributed by atoms with Crippen LogP contribution in [-0.4, -0.2) is 42.0 Å². The Morgan fingerprint density at radius 3 is 2.40 bits per heavy atom. The Hall–Kier alpha value is -4.70. The van der Waals surface area contributed by atoms with Crippen molar-refractivity contribution >= 4 is 29.7 Å². The summed E-state index contributed by atoms with van der Waals surface area (Å²) in [6, 6.07) is 18.3. The van der Waals surface area contributed by atoms with Crippen molar-refractivity contribution in [1.82, 2.24) is 9.99 Å². The molecule has 43 heavy (non-hydrogen) atoms. The molecule has 11 heteroatoms. The Balaban J connectivity index is 1.32. The average molecular weight is 608 g/mol. The number of hydrazone groups is 1. The molecule has 4 rings (SSSR count). The molecule has 0 saturated carbocycles. The molecule has 226 valence electrons. The fraction of sp³-hybridized carbons (Fsp3) is 0.281. The van der Waals surface area contributed by atoms with E-state index >= 15 is 0 Å². The molecule has 2 aromatic carbocycles. The summed E-state index contributed by atoms with van der Waals surface area (Å²) in [6.45, 7) is 9.59. The zero-order valence-corrected chi connectivity index (χ0v) is 25.4. The van der Waals surface area contributed by atoms with E-state index in [4.69, 9.17) is 35.0 Å². The second-order valence-electron chi connectivity index (χ2n) is 9.79. The standard InChI is InChI=1S/C32H34ClN3O7/c1-6-39-29-16-23(15-27(33)31(29)41-19-30(37)42-20(2)3)17-34-35-32(38)28-14-13-26(43-28)18-40-25-11-9-24(10-12-25)36-21(4)7-8-22(36)5/h7-17,20H,6,18-19H2,1-5H3,(H,35,38)/b34-17+. The minimum atomic E-state index is -0.538. The van der Waals surface area contributed by atoms with Gasteiger partial charge in [0.15, 0.2) is 23.9 Å². The fourth-order valence-corrected chi connectivity index (χ4v) is 4.49. The van der Waals surface area contributed by atoms with Crippen molar-refractivity contribution in [3.8, 4) is 22.9 Å². The summed E-state index contributed by atoms with van der Waals surface area (Å²) in [5, 5.41) is 4.20. The van der Waals surface area contributed by atoms with Crippen LogP contribution in [0.4, 0.5) is 0 Å². The van der Waals surface area contributed by atoms with Crippen molar-refractivity contribution in [3.63, 3.8) is 0 Å². The number of carbonyl (C=O) groups is 2. The molecule has 10 nitrogen and oxygen atoms in total. The maximum absolute atomic E-state index is 12.6. The highest BCUT2D eigenvalue weighted by atomic mass is 35.5. The topological polar surface area (TPSA) is 114 Å². The summed E-state index contributed by atoms with van der Waals surface area (Å²) < 4.78 is 29.9. The van der Waals surface area contributed by atoms with Crippen LogP contribution in [0.3, 0.4) is 0 Å². The third-order valence-corrected chi connectivity index (χ3v) is 6.33. The highest BCUT2D eigenvalue weighted by Crippen LogP contribution is 2.36. The lowest BCUT2D eigenvalue weighted by Crippen LogP contribution is -2.19. The largest absolute Gasteiger partial charge is 0.490 e. The van der Waals surface area contributed by atoms with E-state index in [-0.39, 0.29) is 35.9 Å². The molecule has 0 radical (unpaired) electrons. The number of nitrogens with zero attached hydrogens (tertiary/aromatic N) is 2. The molecule has 2 heterocycles. The molecule has 0 atom stereocenters. The van der Waals surface area contributed by atoms with Gasteiger partial charge in [-0.2, -0.15) is 5.10 Å². The smallest absolute Gasteiger partial charge is 0.344 e. The summed E-state index contributed by atoms with van der Waals surface area (Å²) >= 11 is 6.38. The van der Waals surface area contributed by atoms with Gasteiger partial charge in [0.25, 0.3) is 0 Å². The molecule has 2 aromatic heterocycles. The van der Waals surface area contributed by atoms with Crippen LogP contribution in [0.25, 0.3) is 5.69 Å². The molecule has 0 unspecified atom stereocenters. The van der Waals surface area contributed by atoms with Gasteiger partial charge in [-0.3, -0.25) is 4.79 Å². The minimum Gasteiger partial charge on any atom is -0.490 e. The van der Waals surface area contributed by atoms with Crippen LogP contribution >= 0.6 is 11.6 Å². The van der Waals surface area contributed by atoms with Gasteiger partial charge in [0.05, 0.1) is 23.9 Å². The first-order chi connectivity index (χ1) is 20.6. The molecule has 0 aliphatic rings. The van der Waals surface area contributed by atoms with Gasteiger partial charge in [-0.05, 0) is 101 Å². The number of halogens is 1. The van der Waals surface area contributed by atoms with Gasteiger partial charge < -0.3 is 27.9 Å². The Morgan fingerprint density at radius 1 is 1.00 bits per heavy atom. The molecule has 0 fully saturated rings.